The van der Waals surface area contributed by atoms with Gasteiger partial charge in [0.2, 0.25) is 5.91 Å². The summed E-state index contributed by atoms with van der Waals surface area (Å²) in [6, 6.07) is 6.83. The number of hydrogen-bond donors (Lipinski definition) is 1. The van der Waals surface area contributed by atoms with Crippen LogP contribution in [0.4, 0.5) is 15.8 Å². The first-order valence-electron chi connectivity index (χ1n) is 7.83. The first-order chi connectivity index (χ1) is 13.0. The molecule has 0 bridgehead atoms. The molecular formula is C16H14FN5O3S2. The predicted octanol–water partition coefficient (Wildman–Crippen LogP) is 3.80. The molecule has 1 aromatic carbocycles. The van der Waals surface area contributed by atoms with Gasteiger partial charge < -0.3 is 9.88 Å². The van der Waals surface area contributed by atoms with Crippen molar-refractivity contribution in [2.75, 3.05) is 11.1 Å². The van der Waals surface area contributed by atoms with Crippen LogP contribution in [-0.2, 0) is 11.3 Å². The Balaban J connectivity index is 1.68. The zero-order chi connectivity index (χ0) is 19.4. The largest absolute Gasteiger partial charge is 0.323 e. The van der Waals surface area contributed by atoms with E-state index in [1.807, 2.05) is 29.0 Å². The van der Waals surface area contributed by atoms with Crippen molar-refractivity contribution in [3.63, 3.8) is 0 Å². The van der Waals surface area contributed by atoms with Gasteiger partial charge in [-0.3, -0.25) is 14.9 Å². The number of hydrogen-bond acceptors (Lipinski definition) is 7. The van der Waals surface area contributed by atoms with E-state index in [0.29, 0.717) is 11.7 Å². The van der Waals surface area contributed by atoms with Crippen molar-refractivity contribution < 1.29 is 14.1 Å². The number of carbonyl (C=O) groups is 1. The predicted molar refractivity (Wildman–Crippen MR) is 101 cm³/mol. The minimum Gasteiger partial charge on any atom is -0.323 e. The Hall–Kier alpha value is -2.79. The molecule has 27 heavy (non-hydrogen) atoms. The molecule has 1 amide bonds. The molecule has 3 rings (SSSR count). The smallest absolute Gasteiger partial charge is 0.271 e. The number of nitro benzene ring substituents is 1. The Bertz CT molecular complexity index is 975. The molecule has 0 aliphatic heterocycles. The van der Waals surface area contributed by atoms with Gasteiger partial charge in [-0.2, -0.15) is 0 Å². The van der Waals surface area contributed by atoms with Crippen LogP contribution in [0.5, 0.6) is 0 Å². The van der Waals surface area contributed by atoms with E-state index >= 15 is 0 Å². The second-order valence-corrected chi connectivity index (χ2v) is 7.18. The molecule has 8 nitrogen and oxygen atoms in total. The van der Waals surface area contributed by atoms with Crippen LogP contribution in [0.25, 0.3) is 10.7 Å². The van der Waals surface area contributed by atoms with E-state index in [4.69, 9.17) is 0 Å². The molecular weight excluding hydrogens is 393 g/mol. The van der Waals surface area contributed by atoms with E-state index in [1.165, 1.54) is 0 Å². The Labute approximate surface area is 161 Å². The van der Waals surface area contributed by atoms with Crippen molar-refractivity contribution in [1.29, 1.82) is 0 Å². The van der Waals surface area contributed by atoms with E-state index in [1.54, 1.807) is 11.3 Å². The number of anilines is 1. The first-order valence-corrected chi connectivity index (χ1v) is 9.69. The van der Waals surface area contributed by atoms with Crippen molar-refractivity contribution in [3.05, 3.63) is 51.6 Å². The van der Waals surface area contributed by atoms with Gasteiger partial charge >= 0.3 is 0 Å². The monoisotopic (exact) mass is 407 g/mol. The van der Waals surface area contributed by atoms with Crippen LogP contribution >= 0.6 is 23.1 Å². The number of carbonyl (C=O) groups excluding carboxylic acids is 1. The highest BCUT2D eigenvalue weighted by molar-refractivity contribution is 7.99. The fourth-order valence-corrected chi connectivity index (χ4v) is 3.83. The van der Waals surface area contributed by atoms with Gasteiger partial charge in [0.1, 0.15) is 5.82 Å². The van der Waals surface area contributed by atoms with Gasteiger partial charge in [0.05, 0.1) is 21.2 Å². The molecule has 0 aliphatic carbocycles. The summed E-state index contributed by atoms with van der Waals surface area (Å²) in [7, 11) is 0. The third kappa shape index (κ3) is 4.31. The number of benzene rings is 1. The maximum Gasteiger partial charge on any atom is 0.271 e. The van der Waals surface area contributed by atoms with Crippen LogP contribution in [0.15, 0.2) is 40.9 Å². The molecule has 3 aromatic rings. The van der Waals surface area contributed by atoms with Crippen LogP contribution in [0.3, 0.4) is 0 Å². The van der Waals surface area contributed by atoms with Crippen molar-refractivity contribution in [2.24, 2.45) is 0 Å². The molecule has 0 saturated heterocycles. The molecule has 2 heterocycles. The van der Waals surface area contributed by atoms with E-state index in [0.717, 1.165) is 40.7 Å². The lowest BCUT2D eigenvalue weighted by Gasteiger charge is -2.07. The Kier molecular flexibility index (Phi) is 5.81. The summed E-state index contributed by atoms with van der Waals surface area (Å²) in [5, 5.41) is 23.9. The number of nitrogens with zero attached hydrogens (tertiary/aromatic N) is 4. The van der Waals surface area contributed by atoms with Gasteiger partial charge in [-0.25, -0.2) is 4.39 Å². The number of thioether (sulfide) groups is 1. The minimum absolute atomic E-state index is 0.0370. The lowest BCUT2D eigenvalue weighted by Crippen LogP contribution is -2.15. The summed E-state index contributed by atoms with van der Waals surface area (Å²) in [4.78, 5) is 23.2. The zero-order valence-corrected chi connectivity index (χ0v) is 15.7. The average molecular weight is 407 g/mol. The normalized spacial score (nSPS) is 10.7. The number of rotatable bonds is 7. The molecule has 0 fully saturated rings. The number of halogens is 1. The second kappa shape index (κ2) is 8.27. The number of non-ortho nitro benzene ring substituents is 1. The van der Waals surface area contributed by atoms with Gasteiger partial charge in [0, 0.05) is 18.7 Å². The number of aromatic nitrogens is 3. The van der Waals surface area contributed by atoms with Gasteiger partial charge in [0.15, 0.2) is 11.0 Å². The minimum atomic E-state index is -0.740. The van der Waals surface area contributed by atoms with Gasteiger partial charge in [-0.15, -0.1) is 21.5 Å². The van der Waals surface area contributed by atoms with Crippen LogP contribution in [0, 0.1) is 15.9 Å². The van der Waals surface area contributed by atoms with E-state index in [2.05, 4.69) is 15.5 Å². The summed E-state index contributed by atoms with van der Waals surface area (Å²) in [6.45, 7) is 2.58. The Morgan fingerprint density at radius 3 is 2.89 bits per heavy atom. The number of nitro groups is 1. The quantitative estimate of drug-likeness (QED) is 0.363. The fraction of sp³-hybridized carbons (Fsp3) is 0.188. The molecule has 0 saturated carbocycles. The highest BCUT2D eigenvalue weighted by Crippen LogP contribution is 2.27. The molecule has 140 valence electrons. The molecule has 0 aliphatic rings. The van der Waals surface area contributed by atoms with Crippen LogP contribution < -0.4 is 5.32 Å². The molecule has 0 atom stereocenters. The van der Waals surface area contributed by atoms with Crippen molar-refractivity contribution in [1.82, 2.24) is 14.8 Å². The van der Waals surface area contributed by atoms with Crippen molar-refractivity contribution in [2.45, 2.75) is 18.6 Å². The van der Waals surface area contributed by atoms with Gasteiger partial charge in [-0.1, -0.05) is 17.8 Å². The third-order valence-corrected chi connectivity index (χ3v) is 5.37. The second-order valence-electron chi connectivity index (χ2n) is 5.29. The maximum atomic E-state index is 13.8. The van der Waals surface area contributed by atoms with Crippen LogP contribution in [0.2, 0.25) is 0 Å². The first kappa shape index (κ1) is 19.0. The SMILES string of the molecule is CCn1c(SCC(=O)Nc2cc([N+](=O)[O-])ccc2F)nnc1-c1cccs1. The third-order valence-electron chi connectivity index (χ3n) is 3.54. The summed E-state index contributed by atoms with van der Waals surface area (Å²) < 4.78 is 15.7. The molecule has 0 spiro atoms. The topological polar surface area (TPSA) is 103 Å². The van der Waals surface area contributed by atoms with Crippen molar-refractivity contribution >= 4 is 40.4 Å². The summed E-state index contributed by atoms with van der Waals surface area (Å²) in [5.74, 6) is -0.552. The van der Waals surface area contributed by atoms with Gasteiger partial charge in [0.25, 0.3) is 5.69 Å². The highest BCUT2D eigenvalue weighted by Gasteiger charge is 2.17. The van der Waals surface area contributed by atoms with E-state index < -0.39 is 16.6 Å². The number of amides is 1. The van der Waals surface area contributed by atoms with Crippen molar-refractivity contribution in [3.8, 4) is 10.7 Å². The Morgan fingerprint density at radius 2 is 2.22 bits per heavy atom. The summed E-state index contributed by atoms with van der Waals surface area (Å²) >= 11 is 2.70. The molecule has 11 heteroatoms. The molecule has 0 unspecified atom stereocenters. The zero-order valence-electron chi connectivity index (χ0n) is 14.1. The fourth-order valence-electron chi connectivity index (χ4n) is 2.31. The summed E-state index contributed by atoms with van der Waals surface area (Å²) in [6.07, 6.45) is 0. The van der Waals surface area contributed by atoms with E-state index in [9.17, 15) is 19.3 Å². The molecule has 0 radical (unpaired) electrons. The number of thiophene rings is 1. The average Bonchev–Trinajstić information content (AvgIpc) is 3.30. The number of nitrogens with one attached hydrogen (secondary N) is 1. The standard InChI is InChI=1S/C16H14FN5O3S2/c1-2-21-15(13-4-3-7-26-13)19-20-16(21)27-9-14(23)18-12-8-10(22(24)25)5-6-11(12)17/h3-8H,2,9H2,1H3,(H,18,23). The van der Waals surface area contributed by atoms with Gasteiger partial charge in [-0.05, 0) is 24.4 Å². The highest BCUT2D eigenvalue weighted by atomic mass is 32.2. The van der Waals surface area contributed by atoms with E-state index in [-0.39, 0.29) is 17.1 Å². The van der Waals surface area contributed by atoms with Crippen LogP contribution in [-0.4, -0.2) is 31.3 Å². The lowest BCUT2D eigenvalue weighted by atomic mass is 10.2. The molecule has 2 aromatic heterocycles. The molecule has 1 N–H and O–H groups in total. The lowest BCUT2D eigenvalue weighted by molar-refractivity contribution is -0.384. The Morgan fingerprint density at radius 1 is 1.41 bits per heavy atom. The summed E-state index contributed by atoms with van der Waals surface area (Å²) in [5.41, 5.74) is -0.531. The van der Waals surface area contributed by atoms with Crippen LogP contribution in [0.1, 0.15) is 6.92 Å². The maximum absolute atomic E-state index is 13.8.